The van der Waals surface area contributed by atoms with Crippen LogP contribution in [0.25, 0.3) is 0 Å². The average molecular weight is 385 g/mol. The molecule has 0 amide bonds. The summed E-state index contributed by atoms with van der Waals surface area (Å²) in [6.07, 6.45) is 3.71. The zero-order chi connectivity index (χ0) is 13.2. The van der Waals surface area contributed by atoms with Crippen molar-refractivity contribution in [2.45, 2.75) is 38.3 Å². The van der Waals surface area contributed by atoms with Crippen LogP contribution in [0, 0.1) is 11.8 Å². The highest BCUT2D eigenvalue weighted by Crippen LogP contribution is 2.34. The zero-order valence-corrected chi connectivity index (χ0v) is 14.5. The van der Waals surface area contributed by atoms with E-state index in [0.29, 0.717) is 12.1 Å². The predicted molar refractivity (Wildman–Crippen MR) is 94.7 cm³/mol. The number of halogens is 1. The van der Waals surface area contributed by atoms with E-state index < -0.39 is 0 Å². The molecule has 110 valence electrons. The smallest absolute Gasteiger partial charge is 0.191 e. The number of benzene rings is 1. The van der Waals surface area contributed by atoms with Gasteiger partial charge in [-0.2, -0.15) is 0 Å². The molecule has 1 aromatic rings. The number of hydrogen-bond donors (Lipinski definition) is 2. The molecular formula is C16H24IN3. The molecule has 0 radical (unpaired) electrons. The van der Waals surface area contributed by atoms with E-state index in [1.165, 1.54) is 24.8 Å². The lowest BCUT2D eigenvalue weighted by Gasteiger charge is -2.11. The van der Waals surface area contributed by atoms with Crippen molar-refractivity contribution in [3.63, 3.8) is 0 Å². The van der Waals surface area contributed by atoms with Gasteiger partial charge in [-0.25, -0.2) is 0 Å². The van der Waals surface area contributed by atoms with Crippen LogP contribution in [-0.2, 0) is 6.42 Å². The summed E-state index contributed by atoms with van der Waals surface area (Å²) in [5, 5.41) is 7.03. The van der Waals surface area contributed by atoms with Crippen LogP contribution in [0.1, 0.15) is 25.3 Å². The van der Waals surface area contributed by atoms with E-state index in [4.69, 9.17) is 0 Å². The van der Waals surface area contributed by atoms with Crippen molar-refractivity contribution in [1.82, 2.24) is 10.6 Å². The van der Waals surface area contributed by atoms with Gasteiger partial charge in [-0.05, 0) is 36.7 Å². The Labute approximate surface area is 138 Å². The molecule has 0 aromatic heterocycles. The van der Waals surface area contributed by atoms with Gasteiger partial charge in [0.05, 0.1) is 0 Å². The van der Waals surface area contributed by atoms with E-state index in [1.807, 2.05) is 7.05 Å². The molecule has 0 aliphatic heterocycles. The van der Waals surface area contributed by atoms with Gasteiger partial charge in [0.25, 0.3) is 0 Å². The quantitative estimate of drug-likeness (QED) is 0.475. The zero-order valence-electron chi connectivity index (χ0n) is 12.2. The lowest BCUT2D eigenvalue weighted by Crippen LogP contribution is -2.40. The third-order valence-corrected chi connectivity index (χ3v) is 4.24. The lowest BCUT2D eigenvalue weighted by molar-refractivity contribution is 0.710. The minimum absolute atomic E-state index is 0. The summed E-state index contributed by atoms with van der Waals surface area (Å²) in [5.41, 5.74) is 1.44. The Morgan fingerprint density at radius 2 is 1.80 bits per heavy atom. The Morgan fingerprint density at radius 3 is 2.40 bits per heavy atom. The molecule has 2 aliphatic rings. The van der Waals surface area contributed by atoms with Crippen LogP contribution in [0.2, 0.25) is 0 Å². The van der Waals surface area contributed by atoms with Crippen LogP contribution in [0.5, 0.6) is 0 Å². The Hall–Kier alpha value is -0.780. The summed E-state index contributed by atoms with van der Waals surface area (Å²) in [6.45, 7) is 2.28. The molecule has 4 heteroatoms. The maximum Gasteiger partial charge on any atom is 0.191 e. The van der Waals surface area contributed by atoms with Gasteiger partial charge in [-0.1, -0.05) is 37.3 Å². The van der Waals surface area contributed by atoms with Gasteiger partial charge in [0.1, 0.15) is 0 Å². The van der Waals surface area contributed by atoms with Crippen molar-refractivity contribution < 1.29 is 0 Å². The summed E-state index contributed by atoms with van der Waals surface area (Å²) in [7, 11) is 1.86. The summed E-state index contributed by atoms with van der Waals surface area (Å²) < 4.78 is 0. The number of nitrogens with one attached hydrogen (secondary N) is 2. The Bertz CT molecular complexity index is 460. The van der Waals surface area contributed by atoms with Crippen LogP contribution in [0.3, 0.4) is 0 Å². The lowest BCUT2D eigenvalue weighted by atomic mass is 10.1. The van der Waals surface area contributed by atoms with Gasteiger partial charge in [-0.3, -0.25) is 4.99 Å². The second-order valence-corrected chi connectivity index (χ2v) is 5.97. The third-order valence-electron chi connectivity index (χ3n) is 4.24. The second-order valence-electron chi connectivity index (χ2n) is 5.97. The fourth-order valence-corrected chi connectivity index (χ4v) is 2.61. The molecule has 0 saturated heterocycles. The van der Waals surface area contributed by atoms with Crippen LogP contribution < -0.4 is 10.6 Å². The van der Waals surface area contributed by atoms with Crippen molar-refractivity contribution in [2.24, 2.45) is 16.8 Å². The monoisotopic (exact) mass is 385 g/mol. The molecule has 2 aliphatic carbocycles. The highest BCUT2D eigenvalue weighted by atomic mass is 127. The fraction of sp³-hybridized carbons (Fsp3) is 0.562. The van der Waals surface area contributed by atoms with Gasteiger partial charge in [0.2, 0.25) is 0 Å². The van der Waals surface area contributed by atoms with Crippen molar-refractivity contribution in [2.75, 3.05) is 7.05 Å². The van der Waals surface area contributed by atoms with E-state index >= 15 is 0 Å². The molecule has 3 rings (SSSR count). The summed E-state index contributed by atoms with van der Waals surface area (Å²) in [6, 6.07) is 12.0. The normalized spacial score (nSPS) is 31.2. The van der Waals surface area contributed by atoms with Gasteiger partial charge in [0.15, 0.2) is 5.96 Å². The molecule has 0 bridgehead atoms. The first-order valence-electron chi connectivity index (χ1n) is 7.30. The van der Waals surface area contributed by atoms with Gasteiger partial charge < -0.3 is 10.6 Å². The van der Waals surface area contributed by atoms with Crippen LogP contribution in [0.4, 0.5) is 0 Å². The molecular weight excluding hydrogens is 361 g/mol. The van der Waals surface area contributed by atoms with Gasteiger partial charge in [0, 0.05) is 19.1 Å². The largest absolute Gasteiger partial charge is 0.353 e. The topological polar surface area (TPSA) is 36.4 Å². The maximum absolute atomic E-state index is 4.32. The van der Waals surface area contributed by atoms with Crippen LogP contribution >= 0.6 is 24.0 Å². The van der Waals surface area contributed by atoms with E-state index in [1.54, 1.807) is 0 Å². The Kier molecular flexibility index (Phi) is 5.29. The van der Waals surface area contributed by atoms with Crippen LogP contribution in [0.15, 0.2) is 35.3 Å². The SMILES string of the molecule is CN=C(NC1CC1C)NC1CC1Cc1ccccc1.I. The van der Waals surface area contributed by atoms with E-state index in [0.717, 1.165) is 17.8 Å². The van der Waals surface area contributed by atoms with Crippen molar-refractivity contribution in [1.29, 1.82) is 0 Å². The molecule has 4 atom stereocenters. The molecule has 2 N–H and O–H groups in total. The second kappa shape index (κ2) is 6.78. The maximum atomic E-state index is 4.32. The summed E-state index contributed by atoms with van der Waals surface area (Å²) >= 11 is 0. The molecule has 0 heterocycles. The Morgan fingerprint density at radius 1 is 1.15 bits per heavy atom. The highest BCUT2D eigenvalue weighted by molar-refractivity contribution is 14.0. The predicted octanol–water partition coefficient (Wildman–Crippen LogP) is 2.81. The molecule has 1 aromatic carbocycles. The molecule has 2 saturated carbocycles. The summed E-state index contributed by atoms with van der Waals surface area (Å²) in [4.78, 5) is 4.32. The number of aliphatic imine (C=N–C) groups is 1. The third kappa shape index (κ3) is 4.11. The minimum Gasteiger partial charge on any atom is -0.353 e. The molecule has 20 heavy (non-hydrogen) atoms. The standard InChI is InChI=1S/C16H23N3.HI/c1-11-8-14(11)18-16(17-2)19-15-10-13(15)9-12-6-4-3-5-7-12;/h3-7,11,13-15H,8-10H2,1-2H3,(H2,17,18,19);1H. The van der Waals surface area contributed by atoms with Crippen molar-refractivity contribution in [3.05, 3.63) is 35.9 Å². The van der Waals surface area contributed by atoms with E-state index in [-0.39, 0.29) is 24.0 Å². The van der Waals surface area contributed by atoms with Gasteiger partial charge in [-0.15, -0.1) is 24.0 Å². The highest BCUT2D eigenvalue weighted by Gasteiger charge is 2.39. The number of nitrogens with zero attached hydrogens (tertiary/aromatic N) is 1. The van der Waals surface area contributed by atoms with Crippen molar-refractivity contribution in [3.8, 4) is 0 Å². The average Bonchev–Trinajstić information content (AvgIpc) is 3.31. The fourth-order valence-electron chi connectivity index (χ4n) is 2.61. The first-order chi connectivity index (χ1) is 9.26. The molecule has 3 nitrogen and oxygen atoms in total. The molecule has 0 spiro atoms. The first kappa shape index (κ1) is 15.6. The molecule has 4 unspecified atom stereocenters. The first-order valence-corrected chi connectivity index (χ1v) is 7.30. The van der Waals surface area contributed by atoms with Crippen molar-refractivity contribution >= 4 is 29.9 Å². The van der Waals surface area contributed by atoms with Crippen LogP contribution in [-0.4, -0.2) is 25.1 Å². The number of rotatable bonds is 4. The van der Waals surface area contributed by atoms with E-state index in [2.05, 4.69) is 52.9 Å². The minimum atomic E-state index is 0. The van der Waals surface area contributed by atoms with Gasteiger partial charge >= 0.3 is 0 Å². The number of guanidine groups is 1. The van der Waals surface area contributed by atoms with E-state index in [9.17, 15) is 0 Å². The summed E-state index contributed by atoms with van der Waals surface area (Å²) in [5.74, 6) is 2.55. The Balaban J connectivity index is 0.00000147. The molecule has 2 fully saturated rings. The number of hydrogen-bond acceptors (Lipinski definition) is 1.